The number of carbonyl (C=O) groups excluding carboxylic acids is 1. The van der Waals surface area contributed by atoms with E-state index in [0.29, 0.717) is 10.6 Å². The SMILES string of the molecule is O=C(NC1N=CC(c2ccccn2)=CN1)c1cccc(Cl)c1. The molecule has 2 aromatic rings. The van der Waals surface area contributed by atoms with E-state index < -0.39 is 6.29 Å². The molecule has 3 rings (SSSR count). The molecule has 110 valence electrons. The highest BCUT2D eigenvalue weighted by Crippen LogP contribution is 2.12. The maximum absolute atomic E-state index is 12.1. The van der Waals surface area contributed by atoms with E-state index in [-0.39, 0.29) is 5.91 Å². The van der Waals surface area contributed by atoms with Crippen molar-refractivity contribution >= 4 is 29.3 Å². The van der Waals surface area contributed by atoms with Gasteiger partial charge >= 0.3 is 0 Å². The first-order valence-corrected chi connectivity index (χ1v) is 7.07. The van der Waals surface area contributed by atoms with Crippen LogP contribution in [0.2, 0.25) is 5.02 Å². The van der Waals surface area contributed by atoms with E-state index in [0.717, 1.165) is 11.3 Å². The number of amides is 1. The maximum atomic E-state index is 12.1. The molecule has 1 aromatic heterocycles. The summed E-state index contributed by atoms with van der Waals surface area (Å²) in [6.45, 7) is 0. The van der Waals surface area contributed by atoms with Crippen molar-refractivity contribution in [2.45, 2.75) is 6.29 Å². The Morgan fingerprint density at radius 1 is 1.23 bits per heavy atom. The second-order valence-corrected chi connectivity index (χ2v) is 5.08. The number of nitrogens with zero attached hydrogens (tertiary/aromatic N) is 2. The molecule has 22 heavy (non-hydrogen) atoms. The third kappa shape index (κ3) is 3.32. The zero-order valence-electron chi connectivity index (χ0n) is 11.5. The minimum atomic E-state index is -0.515. The second-order valence-electron chi connectivity index (χ2n) is 4.65. The number of benzene rings is 1. The van der Waals surface area contributed by atoms with E-state index in [4.69, 9.17) is 11.6 Å². The minimum absolute atomic E-state index is 0.244. The molecule has 1 aromatic carbocycles. The normalized spacial score (nSPS) is 16.6. The summed E-state index contributed by atoms with van der Waals surface area (Å²) in [7, 11) is 0. The van der Waals surface area contributed by atoms with Gasteiger partial charge in [0.25, 0.3) is 5.91 Å². The van der Waals surface area contributed by atoms with Gasteiger partial charge in [0.1, 0.15) is 0 Å². The highest BCUT2D eigenvalue weighted by atomic mass is 35.5. The molecular formula is C16H13ClN4O. The van der Waals surface area contributed by atoms with Crippen molar-refractivity contribution in [3.8, 4) is 0 Å². The van der Waals surface area contributed by atoms with Gasteiger partial charge in [-0.3, -0.25) is 9.78 Å². The largest absolute Gasteiger partial charge is 0.352 e. The topological polar surface area (TPSA) is 66.4 Å². The van der Waals surface area contributed by atoms with Gasteiger partial charge in [0.05, 0.1) is 5.69 Å². The number of allylic oxidation sites excluding steroid dienone is 1. The fraction of sp³-hybridized carbons (Fsp3) is 0.0625. The summed E-state index contributed by atoms with van der Waals surface area (Å²) in [4.78, 5) is 20.6. The quantitative estimate of drug-likeness (QED) is 0.915. The number of hydrogen-bond acceptors (Lipinski definition) is 4. The summed E-state index contributed by atoms with van der Waals surface area (Å²) >= 11 is 5.88. The lowest BCUT2D eigenvalue weighted by Gasteiger charge is -2.19. The molecule has 0 saturated carbocycles. The summed E-state index contributed by atoms with van der Waals surface area (Å²) in [6, 6.07) is 12.4. The van der Waals surface area contributed by atoms with Crippen LogP contribution in [0.4, 0.5) is 0 Å². The van der Waals surface area contributed by atoms with E-state index in [1.165, 1.54) is 0 Å². The van der Waals surface area contributed by atoms with Crippen LogP contribution in [-0.4, -0.2) is 23.4 Å². The summed E-state index contributed by atoms with van der Waals surface area (Å²) in [6.07, 6.45) is 4.66. The fourth-order valence-corrected chi connectivity index (χ4v) is 2.18. The first-order chi connectivity index (χ1) is 10.7. The van der Waals surface area contributed by atoms with Crippen LogP contribution in [-0.2, 0) is 0 Å². The molecule has 1 aliphatic heterocycles. The number of hydrogen-bond donors (Lipinski definition) is 2. The van der Waals surface area contributed by atoms with E-state index in [2.05, 4.69) is 20.6 Å². The van der Waals surface area contributed by atoms with Crippen LogP contribution in [0.25, 0.3) is 5.57 Å². The molecule has 0 spiro atoms. The highest BCUT2D eigenvalue weighted by molar-refractivity contribution is 6.30. The van der Waals surface area contributed by atoms with Crippen LogP contribution >= 0.6 is 11.6 Å². The van der Waals surface area contributed by atoms with Gasteiger partial charge < -0.3 is 10.6 Å². The number of rotatable bonds is 3. The minimum Gasteiger partial charge on any atom is -0.352 e. The number of halogens is 1. The second kappa shape index (κ2) is 6.41. The molecule has 0 aliphatic carbocycles. The number of aromatic nitrogens is 1. The van der Waals surface area contributed by atoms with Gasteiger partial charge in [-0.25, -0.2) is 4.99 Å². The Morgan fingerprint density at radius 3 is 2.82 bits per heavy atom. The number of aliphatic imine (C=N–C) groups is 1. The van der Waals surface area contributed by atoms with Crippen molar-refractivity contribution < 1.29 is 4.79 Å². The Morgan fingerprint density at radius 2 is 2.14 bits per heavy atom. The molecule has 1 amide bonds. The Kier molecular flexibility index (Phi) is 4.16. The van der Waals surface area contributed by atoms with E-state index in [1.807, 2.05) is 18.2 Å². The van der Waals surface area contributed by atoms with Crippen LogP contribution < -0.4 is 10.6 Å². The fourth-order valence-electron chi connectivity index (χ4n) is 1.99. The van der Waals surface area contributed by atoms with Gasteiger partial charge in [-0.15, -0.1) is 0 Å². The Bertz CT molecular complexity index is 743. The van der Waals surface area contributed by atoms with Crippen molar-refractivity contribution in [1.29, 1.82) is 0 Å². The predicted octanol–water partition coefficient (Wildman–Crippen LogP) is 2.46. The standard InChI is InChI=1S/C16H13ClN4O/c17-13-5-3-4-11(8-13)15(22)21-16-19-9-12(10-20-16)14-6-1-2-7-18-14/h1-10,16,19H,(H,21,22). The van der Waals surface area contributed by atoms with Crippen LogP contribution in [0.1, 0.15) is 16.1 Å². The third-order valence-corrected chi connectivity index (χ3v) is 3.31. The van der Waals surface area contributed by atoms with Crippen molar-refractivity contribution in [3.63, 3.8) is 0 Å². The summed E-state index contributed by atoms with van der Waals surface area (Å²) in [5.74, 6) is -0.244. The molecule has 6 heteroatoms. The number of carbonyl (C=O) groups is 1. The summed E-state index contributed by atoms with van der Waals surface area (Å²) < 4.78 is 0. The highest BCUT2D eigenvalue weighted by Gasteiger charge is 2.14. The lowest BCUT2D eigenvalue weighted by molar-refractivity contribution is 0.0934. The van der Waals surface area contributed by atoms with Gasteiger partial charge in [0.2, 0.25) is 0 Å². The van der Waals surface area contributed by atoms with E-state index in [1.54, 1.807) is 42.9 Å². The van der Waals surface area contributed by atoms with Crippen molar-refractivity contribution in [3.05, 3.63) is 71.1 Å². The Hall–Kier alpha value is -2.66. The zero-order chi connectivity index (χ0) is 15.4. The Labute approximate surface area is 132 Å². The predicted molar refractivity (Wildman–Crippen MR) is 86.5 cm³/mol. The lowest BCUT2D eigenvalue weighted by atomic mass is 10.2. The molecule has 0 saturated heterocycles. The van der Waals surface area contributed by atoms with Gasteiger partial charge in [-0.1, -0.05) is 23.7 Å². The third-order valence-electron chi connectivity index (χ3n) is 3.07. The van der Waals surface area contributed by atoms with Gasteiger partial charge in [0.15, 0.2) is 6.29 Å². The van der Waals surface area contributed by atoms with Crippen LogP contribution in [0.3, 0.4) is 0 Å². The molecule has 0 bridgehead atoms. The van der Waals surface area contributed by atoms with E-state index in [9.17, 15) is 4.79 Å². The Balaban J connectivity index is 1.64. The average molecular weight is 313 g/mol. The number of pyridine rings is 1. The van der Waals surface area contributed by atoms with Crippen LogP contribution in [0.15, 0.2) is 59.9 Å². The van der Waals surface area contributed by atoms with Crippen molar-refractivity contribution in [2.24, 2.45) is 4.99 Å². The van der Waals surface area contributed by atoms with Crippen molar-refractivity contribution in [1.82, 2.24) is 15.6 Å². The smallest absolute Gasteiger partial charge is 0.254 e. The molecule has 2 heterocycles. The molecule has 1 aliphatic rings. The van der Waals surface area contributed by atoms with Crippen LogP contribution in [0.5, 0.6) is 0 Å². The number of nitrogens with one attached hydrogen (secondary N) is 2. The molecule has 2 N–H and O–H groups in total. The molecule has 5 nitrogen and oxygen atoms in total. The zero-order valence-corrected chi connectivity index (χ0v) is 12.3. The monoisotopic (exact) mass is 312 g/mol. The van der Waals surface area contributed by atoms with Crippen molar-refractivity contribution in [2.75, 3.05) is 0 Å². The van der Waals surface area contributed by atoms with Gasteiger partial charge in [-0.05, 0) is 30.3 Å². The maximum Gasteiger partial charge on any atom is 0.254 e. The first kappa shape index (κ1) is 14.3. The summed E-state index contributed by atoms with van der Waals surface area (Å²) in [5, 5.41) is 6.30. The molecule has 1 atom stereocenters. The first-order valence-electron chi connectivity index (χ1n) is 6.69. The molecular weight excluding hydrogens is 300 g/mol. The molecule has 1 unspecified atom stereocenters. The molecule has 0 fully saturated rings. The van der Waals surface area contributed by atoms with Gasteiger partial charge in [-0.2, -0.15) is 0 Å². The van der Waals surface area contributed by atoms with Gasteiger partial charge in [0, 0.05) is 34.8 Å². The van der Waals surface area contributed by atoms with Crippen LogP contribution in [0, 0.1) is 0 Å². The average Bonchev–Trinajstić information content (AvgIpc) is 2.56. The lowest BCUT2D eigenvalue weighted by Crippen LogP contribution is -2.43. The summed E-state index contributed by atoms with van der Waals surface area (Å²) in [5.41, 5.74) is 2.16. The van der Waals surface area contributed by atoms with E-state index >= 15 is 0 Å². The molecule has 0 radical (unpaired) electrons.